The SMILES string of the molecule is CC[C@H](C(=O)NCc1nc(C)cc(=O)[nH]1)n1cc(C(C)=O)c2ccccc21. The molecular formula is C20H22N4O3. The van der Waals surface area contributed by atoms with Gasteiger partial charge in [0.25, 0.3) is 5.56 Å². The number of Topliss-reactive ketones (excluding diaryl/α,β-unsaturated/α-hetero) is 1. The number of rotatable bonds is 6. The number of carbonyl (C=O) groups excluding carboxylic acids is 2. The molecule has 0 saturated heterocycles. The lowest BCUT2D eigenvalue weighted by Gasteiger charge is -2.18. The largest absolute Gasteiger partial charge is 0.347 e. The number of aromatic amines is 1. The van der Waals surface area contributed by atoms with E-state index in [4.69, 9.17) is 0 Å². The molecule has 2 N–H and O–H groups in total. The van der Waals surface area contributed by atoms with E-state index in [1.54, 1.807) is 13.1 Å². The number of nitrogens with one attached hydrogen (secondary N) is 2. The molecule has 2 heterocycles. The van der Waals surface area contributed by atoms with Crippen molar-refractivity contribution in [3.8, 4) is 0 Å². The van der Waals surface area contributed by atoms with Crippen LogP contribution in [0.5, 0.6) is 0 Å². The van der Waals surface area contributed by atoms with E-state index in [1.807, 2.05) is 35.8 Å². The number of carbonyl (C=O) groups is 2. The number of aromatic nitrogens is 3. The summed E-state index contributed by atoms with van der Waals surface area (Å²) in [5.74, 6) is 0.171. The molecule has 0 aliphatic rings. The summed E-state index contributed by atoms with van der Waals surface area (Å²) >= 11 is 0. The number of ketones is 1. The molecule has 140 valence electrons. The minimum Gasteiger partial charge on any atom is -0.347 e. The topological polar surface area (TPSA) is 96.8 Å². The van der Waals surface area contributed by atoms with Crippen LogP contribution in [0.2, 0.25) is 0 Å². The van der Waals surface area contributed by atoms with Gasteiger partial charge in [0.2, 0.25) is 5.91 Å². The predicted octanol–water partition coefficient (Wildman–Crippen LogP) is 2.50. The number of hydrogen-bond acceptors (Lipinski definition) is 4. The van der Waals surface area contributed by atoms with Crippen molar-refractivity contribution in [3.05, 3.63) is 64.0 Å². The van der Waals surface area contributed by atoms with Crippen LogP contribution in [0.15, 0.2) is 41.3 Å². The fourth-order valence-electron chi connectivity index (χ4n) is 3.27. The molecular weight excluding hydrogens is 344 g/mol. The molecule has 3 aromatic rings. The zero-order valence-corrected chi connectivity index (χ0v) is 15.6. The van der Waals surface area contributed by atoms with Crippen LogP contribution in [0.4, 0.5) is 0 Å². The lowest BCUT2D eigenvalue weighted by atomic mass is 10.1. The van der Waals surface area contributed by atoms with Crippen molar-refractivity contribution in [3.63, 3.8) is 0 Å². The van der Waals surface area contributed by atoms with Gasteiger partial charge in [-0.3, -0.25) is 14.4 Å². The number of hydrogen-bond donors (Lipinski definition) is 2. The molecule has 0 bridgehead atoms. The maximum Gasteiger partial charge on any atom is 0.251 e. The molecule has 7 nitrogen and oxygen atoms in total. The molecule has 7 heteroatoms. The minimum atomic E-state index is -0.473. The Morgan fingerprint density at radius 3 is 2.70 bits per heavy atom. The summed E-state index contributed by atoms with van der Waals surface area (Å²) in [6, 6.07) is 8.47. The first-order valence-electron chi connectivity index (χ1n) is 8.85. The van der Waals surface area contributed by atoms with E-state index in [1.165, 1.54) is 13.0 Å². The van der Waals surface area contributed by atoms with E-state index in [9.17, 15) is 14.4 Å². The van der Waals surface area contributed by atoms with E-state index >= 15 is 0 Å². The molecule has 0 aliphatic carbocycles. The fraction of sp³-hybridized carbons (Fsp3) is 0.300. The Kier molecular flexibility index (Phi) is 5.21. The molecule has 0 spiro atoms. The second kappa shape index (κ2) is 7.57. The molecule has 0 saturated carbocycles. The standard InChI is InChI=1S/C20H22N4O3/c1-4-16(20(27)21-10-18-22-12(2)9-19(26)23-18)24-11-15(13(3)25)14-7-5-6-8-17(14)24/h5-9,11,16H,4,10H2,1-3H3,(H,21,27)(H,22,23,26)/t16-/m1/s1. The first-order chi connectivity index (χ1) is 12.9. The Morgan fingerprint density at radius 2 is 2.04 bits per heavy atom. The van der Waals surface area contributed by atoms with E-state index in [0.29, 0.717) is 23.5 Å². The summed E-state index contributed by atoms with van der Waals surface area (Å²) in [7, 11) is 0. The summed E-state index contributed by atoms with van der Waals surface area (Å²) in [5, 5.41) is 3.66. The van der Waals surface area contributed by atoms with Gasteiger partial charge in [0, 0.05) is 34.4 Å². The van der Waals surface area contributed by atoms with Crippen molar-refractivity contribution in [1.29, 1.82) is 0 Å². The Labute approximate surface area is 156 Å². The van der Waals surface area contributed by atoms with Crippen LogP contribution in [0.25, 0.3) is 10.9 Å². The molecule has 3 rings (SSSR count). The van der Waals surface area contributed by atoms with Crippen molar-refractivity contribution < 1.29 is 9.59 Å². The third-order valence-corrected chi connectivity index (χ3v) is 4.49. The normalized spacial score (nSPS) is 12.1. The van der Waals surface area contributed by atoms with E-state index in [2.05, 4.69) is 15.3 Å². The molecule has 0 fully saturated rings. The molecule has 1 aromatic carbocycles. The summed E-state index contributed by atoms with van der Waals surface area (Å²) in [6.07, 6.45) is 2.30. The number of aryl methyl sites for hydroxylation is 1. The Balaban J connectivity index is 1.88. The number of benzene rings is 1. The van der Waals surface area contributed by atoms with E-state index in [-0.39, 0.29) is 23.8 Å². The van der Waals surface area contributed by atoms with Gasteiger partial charge in [-0.1, -0.05) is 25.1 Å². The van der Waals surface area contributed by atoms with Crippen LogP contribution in [0, 0.1) is 6.92 Å². The Morgan fingerprint density at radius 1 is 1.30 bits per heavy atom. The highest BCUT2D eigenvalue weighted by molar-refractivity contribution is 6.07. The van der Waals surface area contributed by atoms with Crippen LogP contribution >= 0.6 is 0 Å². The quantitative estimate of drug-likeness (QED) is 0.655. The molecule has 1 amide bonds. The Bertz CT molecular complexity index is 1060. The highest BCUT2D eigenvalue weighted by atomic mass is 16.2. The maximum atomic E-state index is 12.8. The van der Waals surface area contributed by atoms with Gasteiger partial charge in [-0.15, -0.1) is 0 Å². The van der Waals surface area contributed by atoms with Crippen molar-refractivity contribution >= 4 is 22.6 Å². The Hall–Kier alpha value is -3.22. The third kappa shape index (κ3) is 3.81. The molecule has 1 atom stereocenters. The van der Waals surface area contributed by atoms with Crippen LogP contribution < -0.4 is 10.9 Å². The summed E-state index contributed by atoms with van der Waals surface area (Å²) in [5.41, 5.74) is 1.78. The smallest absolute Gasteiger partial charge is 0.251 e. The van der Waals surface area contributed by atoms with Crippen molar-refractivity contribution in [2.45, 2.75) is 39.8 Å². The number of amides is 1. The second-order valence-electron chi connectivity index (χ2n) is 6.50. The average molecular weight is 366 g/mol. The van der Waals surface area contributed by atoms with Crippen LogP contribution in [-0.2, 0) is 11.3 Å². The van der Waals surface area contributed by atoms with Crippen LogP contribution in [0.3, 0.4) is 0 Å². The molecule has 2 aromatic heterocycles. The molecule has 0 aliphatic heterocycles. The second-order valence-corrected chi connectivity index (χ2v) is 6.50. The first-order valence-corrected chi connectivity index (χ1v) is 8.85. The molecule has 0 unspecified atom stereocenters. The molecule has 0 radical (unpaired) electrons. The van der Waals surface area contributed by atoms with Gasteiger partial charge in [0.15, 0.2) is 5.78 Å². The van der Waals surface area contributed by atoms with Crippen LogP contribution in [-0.4, -0.2) is 26.2 Å². The van der Waals surface area contributed by atoms with Crippen molar-refractivity contribution in [2.24, 2.45) is 0 Å². The van der Waals surface area contributed by atoms with Gasteiger partial charge >= 0.3 is 0 Å². The molecule has 27 heavy (non-hydrogen) atoms. The highest BCUT2D eigenvalue weighted by Gasteiger charge is 2.22. The number of H-pyrrole nitrogens is 1. The maximum absolute atomic E-state index is 12.8. The lowest BCUT2D eigenvalue weighted by molar-refractivity contribution is -0.124. The zero-order valence-electron chi connectivity index (χ0n) is 15.6. The van der Waals surface area contributed by atoms with E-state index in [0.717, 1.165) is 10.9 Å². The first kappa shape index (κ1) is 18.6. The number of para-hydroxylation sites is 1. The van der Waals surface area contributed by atoms with Gasteiger partial charge in [-0.2, -0.15) is 0 Å². The lowest BCUT2D eigenvalue weighted by Crippen LogP contribution is -2.32. The number of nitrogens with zero attached hydrogens (tertiary/aromatic N) is 2. The van der Waals surface area contributed by atoms with Crippen LogP contribution in [0.1, 0.15) is 48.2 Å². The van der Waals surface area contributed by atoms with Gasteiger partial charge in [-0.25, -0.2) is 4.98 Å². The van der Waals surface area contributed by atoms with E-state index < -0.39 is 6.04 Å². The predicted molar refractivity (Wildman–Crippen MR) is 103 cm³/mol. The third-order valence-electron chi connectivity index (χ3n) is 4.49. The zero-order chi connectivity index (χ0) is 19.6. The van der Waals surface area contributed by atoms with Gasteiger partial charge in [0.05, 0.1) is 6.54 Å². The average Bonchev–Trinajstić information content (AvgIpc) is 3.00. The van der Waals surface area contributed by atoms with Crippen molar-refractivity contribution in [1.82, 2.24) is 19.9 Å². The summed E-state index contributed by atoms with van der Waals surface area (Å²) in [4.78, 5) is 43.1. The summed E-state index contributed by atoms with van der Waals surface area (Å²) in [6.45, 7) is 5.29. The van der Waals surface area contributed by atoms with Gasteiger partial charge in [0.1, 0.15) is 11.9 Å². The summed E-state index contributed by atoms with van der Waals surface area (Å²) < 4.78 is 1.84. The van der Waals surface area contributed by atoms with Gasteiger partial charge < -0.3 is 14.9 Å². The minimum absolute atomic E-state index is 0.0400. The fourth-order valence-corrected chi connectivity index (χ4v) is 3.27. The highest BCUT2D eigenvalue weighted by Crippen LogP contribution is 2.26. The number of fused-ring (bicyclic) bond motifs is 1. The van der Waals surface area contributed by atoms with Gasteiger partial charge in [-0.05, 0) is 26.3 Å². The van der Waals surface area contributed by atoms with Crippen molar-refractivity contribution in [2.75, 3.05) is 0 Å². The monoisotopic (exact) mass is 366 g/mol.